The van der Waals surface area contributed by atoms with Gasteiger partial charge in [0.1, 0.15) is 17.2 Å². The first kappa shape index (κ1) is 48.8. The Morgan fingerprint density at radius 1 is 0.478 bits per heavy atom. The molecule has 0 spiro atoms. The molecule has 3 aromatic heterocycles. The average molecular weight is 976 g/mol. The maximum absolute atomic E-state index is 9.65. The van der Waals surface area contributed by atoms with E-state index in [9.17, 15) is 15.3 Å². The van der Waals surface area contributed by atoms with Crippen LogP contribution in [0.1, 0.15) is 44.1 Å². The van der Waals surface area contributed by atoms with E-state index in [0.717, 1.165) is 18.8 Å². The van der Waals surface area contributed by atoms with Gasteiger partial charge in [0.25, 0.3) is 0 Å². The number of nitrogen functional groups attached to an aromatic ring is 3. The number of nitrogens with zero attached hydrogens (tertiary/aromatic N) is 9. The molecule has 0 aliphatic carbocycles. The van der Waals surface area contributed by atoms with E-state index in [1.54, 1.807) is 54.9 Å². The van der Waals surface area contributed by atoms with Crippen molar-refractivity contribution in [3.05, 3.63) is 106 Å². The summed E-state index contributed by atoms with van der Waals surface area (Å²) in [4.78, 5) is 31.1. The Balaban J connectivity index is 0.000000149. The molecule has 6 aromatic rings. The van der Waals surface area contributed by atoms with Gasteiger partial charge >= 0.3 is 0 Å². The van der Waals surface area contributed by atoms with E-state index in [1.807, 2.05) is 36.1 Å². The number of aliphatic hydroxyl groups excluding tert-OH is 3. The van der Waals surface area contributed by atoms with Crippen LogP contribution in [0.15, 0.2) is 85.3 Å². The maximum Gasteiger partial charge on any atom is 0.222 e. The fourth-order valence-electron chi connectivity index (χ4n) is 7.29. The molecule has 354 valence electrons. The summed E-state index contributed by atoms with van der Waals surface area (Å²) in [5.74, 6) is 5.92. The molecule has 21 heteroatoms. The average Bonchev–Trinajstić information content (AvgIpc) is 3.32. The Morgan fingerprint density at radius 2 is 0.821 bits per heavy atom. The quantitative estimate of drug-likeness (QED) is 0.0811. The van der Waals surface area contributed by atoms with Crippen molar-refractivity contribution in [1.82, 2.24) is 29.9 Å². The van der Waals surface area contributed by atoms with Crippen LogP contribution >= 0.6 is 34.8 Å². The number of anilines is 6. The Bertz CT molecular complexity index is 2430. The monoisotopic (exact) mass is 974 g/mol. The third-order valence-electron chi connectivity index (χ3n) is 11.0. The topological polar surface area (TPSA) is 254 Å². The first-order chi connectivity index (χ1) is 32.3. The van der Waals surface area contributed by atoms with Gasteiger partial charge in [-0.05, 0) is 100 Å². The Hall–Kier alpha value is -6.15. The molecule has 6 heterocycles. The van der Waals surface area contributed by atoms with Gasteiger partial charge in [0.05, 0.1) is 41.9 Å². The van der Waals surface area contributed by atoms with Crippen LogP contribution in [0.25, 0.3) is 0 Å². The highest BCUT2D eigenvalue weighted by molar-refractivity contribution is 6.35. The highest BCUT2D eigenvalue weighted by Gasteiger charge is 2.25. The van der Waals surface area contributed by atoms with Gasteiger partial charge in [-0.1, -0.05) is 52.5 Å². The summed E-state index contributed by atoms with van der Waals surface area (Å²) in [6.07, 6.45) is 8.09. The van der Waals surface area contributed by atoms with Crippen LogP contribution in [-0.2, 0) is 0 Å². The first-order valence-electron chi connectivity index (χ1n) is 21.7. The first-order valence-corrected chi connectivity index (χ1v) is 22.9. The lowest BCUT2D eigenvalue weighted by Gasteiger charge is -2.31. The molecule has 0 saturated carbocycles. The van der Waals surface area contributed by atoms with Crippen molar-refractivity contribution in [2.24, 2.45) is 0 Å². The number of rotatable bonds is 9. The highest BCUT2D eigenvalue weighted by Crippen LogP contribution is 2.37. The number of nitrogens with two attached hydrogens (primary N) is 3. The number of aryl methyl sites for hydroxylation is 1. The zero-order valence-corrected chi connectivity index (χ0v) is 39.0. The number of aliphatic hydroxyl groups is 3. The van der Waals surface area contributed by atoms with Crippen LogP contribution < -0.4 is 46.1 Å². The second-order valence-corrected chi connectivity index (χ2v) is 17.3. The summed E-state index contributed by atoms with van der Waals surface area (Å²) >= 11 is 17.9. The molecule has 0 unspecified atom stereocenters. The van der Waals surface area contributed by atoms with E-state index in [-0.39, 0.29) is 36.2 Å². The molecular formula is C46H53Cl3N12O6. The number of piperidine rings is 3. The molecule has 0 radical (unpaired) electrons. The van der Waals surface area contributed by atoms with E-state index in [4.69, 9.17) is 66.2 Å². The van der Waals surface area contributed by atoms with E-state index in [1.165, 1.54) is 11.8 Å². The Morgan fingerprint density at radius 3 is 1.19 bits per heavy atom. The Kier molecular flexibility index (Phi) is 16.8. The van der Waals surface area contributed by atoms with Gasteiger partial charge in [0.2, 0.25) is 17.8 Å². The zero-order chi connectivity index (χ0) is 47.5. The molecule has 18 nitrogen and oxygen atoms in total. The van der Waals surface area contributed by atoms with Gasteiger partial charge in [0, 0.05) is 49.3 Å². The van der Waals surface area contributed by atoms with Crippen molar-refractivity contribution in [2.75, 3.05) is 71.2 Å². The van der Waals surface area contributed by atoms with Crippen LogP contribution in [0.3, 0.4) is 0 Å². The van der Waals surface area contributed by atoms with Crippen molar-refractivity contribution < 1.29 is 29.5 Å². The molecule has 9 rings (SSSR count). The van der Waals surface area contributed by atoms with Crippen LogP contribution in [0.4, 0.5) is 35.3 Å². The molecular weight excluding hydrogens is 923 g/mol. The summed E-state index contributed by atoms with van der Waals surface area (Å²) in [5.41, 5.74) is 18.3. The highest BCUT2D eigenvalue weighted by atomic mass is 35.5. The van der Waals surface area contributed by atoms with E-state index < -0.39 is 0 Å². The second-order valence-electron chi connectivity index (χ2n) is 16.1. The predicted octanol–water partition coefficient (Wildman–Crippen LogP) is 7.71. The molecule has 0 atom stereocenters. The van der Waals surface area contributed by atoms with Crippen LogP contribution in [0, 0.1) is 6.92 Å². The fraction of sp³-hybridized carbons (Fsp3) is 0.348. The minimum atomic E-state index is -0.277. The molecule has 3 aliphatic heterocycles. The minimum absolute atomic E-state index is 0.167. The summed E-state index contributed by atoms with van der Waals surface area (Å²) in [6, 6.07) is 19.9. The largest absolute Gasteiger partial charge is 0.452 e. The van der Waals surface area contributed by atoms with Gasteiger partial charge in [-0.15, -0.1) is 0 Å². The lowest BCUT2D eigenvalue weighted by molar-refractivity contribution is 0.145. The lowest BCUT2D eigenvalue weighted by Crippen LogP contribution is -2.36. The fourth-order valence-corrected chi connectivity index (χ4v) is 7.87. The van der Waals surface area contributed by atoms with Gasteiger partial charge < -0.3 is 61.4 Å². The molecule has 0 bridgehead atoms. The summed E-state index contributed by atoms with van der Waals surface area (Å²) in [6.45, 7) is 6.22. The van der Waals surface area contributed by atoms with E-state index in [2.05, 4.69) is 39.7 Å². The normalized spacial score (nSPS) is 15.8. The van der Waals surface area contributed by atoms with Gasteiger partial charge in [-0.2, -0.15) is 15.0 Å². The van der Waals surface area contributed by atoms with Crippen LogP contribution in [-0.4, -0.2) is 103 Å². The third-order valence-corrected chi connectivity index (χ3v) is 11.7. The van der Waals surface area contributed by atoms with Gasteiger partial charge in [-0.25, -0.2) is 15.0 Å². The van der Waals surface area contributed by atoms with Crippen molar-refractivity contribution in [1.29, 1.82) is 0 Å². The third kappa shape index (κ3) is 13.9. The zero-order valence-electron chi connectivity index (χ0n) is 36.8. The summed E-state index contributed by atoms with van der Waals surface area (Å²) in [7, 11) is 0. The van der Waals surface area contributed by atoms with Gasteiger partial charge in [-0.3, -0.25) is 0 Å². The summed E-state index contributed by atoms with van der Waals surface area (Å²) < 4.78 is 17.6. The molecule has 3 fully saturated rings. The summed E-state index contributed by atoms with van der Waals surface area (Å²) in [5, 5.41) is 30.5. The minimum Gasteiger partial charge on any atom is -0.452 e. The number of hydrogen-bond acceptors (Lipinski definition) is 18. The number of aromatic nitrogens is 6. The molecule has 0 amide bonds. The van der Waals surface area contributed by atoms with Crippen molar-refractivity contribution in [3.8, 4) is 34.5 Å². The predicted molar refractivity (Wildman–Crippen MR) is 261 cm³/mol. The van der Waals surface area contributed by atoms with Crippen molar-refractivity contribution >= 4 is 70.1 Å². The van der Waals surface area contributed by atoms with Crippen LogP contribution in [0.5, 0.6) is 34.5 Å². The molecule has 67 heavy (non-hydrogen) atoms. The number of ether oxygens (including phenoxy) is 3. The molecule has 3 aliphatic rings. The van der Waals surface area contributed by atoms with Crippen LogP contribution in [0.2, 0.25) is 15.1 Å². The SMILES string of the molecule is Cc1ccc(Oc2cnc(N)nc2N2CCC(O)CC2)cc1.Nc1ncc(Oc2ccc(Cl)cc2)c(N2CCC(O)CC2)n1.Nc1ncc(Oc2ccc(Cl)cc2Cl)c(N2CCC(O)CC2)n1. The lowest BCUT2D eigenvalue weighted by atomic mass is 10.1. The second kappa shape index (κ2) is 23.0. The maximum atomic E-state index is 9.65. The standard InChI is InChI=1S/C16H20N4O2.C15H16Cl2N4O2.C15H17ClN4O2/c1-11-2-4-13(5-3-11)22-14-10-18-16(17)19-15(14)20-8-6-12(21)7-9-20;16-9-1-2-12(11(17)7-9)23-13-8-19-15(18)20-14(13)21-5-3-10(22)4-6-21;16-10-1-3-12(4-2-10)22-13-9-18-15(17)19-14(13)20-7-5-11(21)6-8-20/h2-5,10,12,21H,6-9H2,1H3,(H2,17,18,19);1-2,7-8,10,22H,3-6H2,(H2,18,19,20);1-4,9,11,21H,5-8H2,(H2,17,18,19). The van der Waals surface area contributed by atoms with Crippen molar-refractivity contribution in [3.63, 3.8) is 0 Å². The molecule has 9 N–H and O–H groups in total. The van der Waals surface area contributed by atoms with Crippen molar-refractivity contribution in [2.45, 2.75) is 63.8 Å². The number of halogens is 3. The molecule has 3 aromatic carbocycles. The number of hydrogen-bond donors (Lipinski definition) is 6. The van der Waals surface area contributed by atoms with E-state index in [0.29, 0.717) is 126 Å². The number of benzene rings is 3. The van der Waals surface area contributed by atoms with E-state index >= 15 is 0 Å². The Labute approximate surface area is 403 Å². The van der Waals surface area contributed by atoms with Gasteiger partial charge in [0.15, 0.2) is 34.7 Å². The smallest absolute Gasteiger partial charge is 0.222 e. The molecule has 3 saturated heterocycles.